The minimum atomic E-state index is -0.135. The zero-order valence-electron chi connectivity index (χ0n) is 11.5. The van der Waals surface area contributed by atoms with E-state index in [1.807, 2.05) is 24.3 Å². The van der Waals surface area contributed by atoms with Gasteiger partial charge in [-0.2, -0.15) is 5.10 Å². The van der Waals surface area contributed by atoms with Crippen LogP contribution in [-0.2, 0) is 0 Å². The van der Waals surface area contributed by atoms with Crippen LogP contribution in [0.25, 0.3) is 10.8 Å². The zero-order valence-corrected chi connectivity index (χ0v) is 11.5. The summed E-state index contributed by atoms with van der Waals surface area (Å²) in [5, 5.41) is 15.0. The number of anilines is 1. The van der Waals surface area contributed by atoms with E-state index < -0.39 is 0 Å². The molecule has 3 rings (SSSR count). The van der Waals surface area contributed by atoms with Gasteiger partial charge < -0.3 is 10.6 Å². The van der Waals surface area contributed by atoms with Crippen LogP contribution in [0.2, 0.25) is 0 Å². The van der Waals surface area contributed by atoms with Crippen LogP contribution < -0.4 is 16.2 Å². The van der Waals surface area contributed by atoms with Gasteiger partial charge in [0, 0.05) is 11.9 Å². The molecule has 0 atom stereocenters. The van der Waals surface area contributed by atoms with Gasteiger partial charge in [0.05, 0.1) is 5.39 Å². The molecule has 1 saturated heterocycles. The van der Waals surface area contributed by atoms with Gasteiger partial charge in [0.2, 0.25) is 0 Å². The van der Waals surface area contributed by atoms with Crippen molar-refractivity contribution in [3.63, 3.8) is 0 Å². The first-order valence-electron chi connectivity index (χ1n) is 7.26. The van der Waals surface area contributed by atoms with Crippen LogP contribution in [0.1, 0.15) is 19.3 Å². The molecule has 1 aromatic carbocycles. The number of nitrogens with one attached hydrogen (secondary N) is 3. The lowest BCUT2D eigenvalue weighted by Crippen LogP contribution is -2.28. The van der Waals surface area contributed by atoms with Crippen molar-refractivity contribution < 1.29 is 0 Å². The van der Waals surface area contributed by atoms with E-state index in [-0.39, 0.29) is 5.56 Å². The third-order valence-electron chi connectivity index (χ3n) is 4.00. The van der Waals surface area contributed by atoms with Crippen LogP contribution in [-0.4, -0.2) is 29.8 Å². The molecule has 3 N–H and O–H groups in total. The first-order valence-corrected chi connectivity index (χ1v) is 7.26. The van der Waals surface area contributed by atoms with Crippen LogP contribution in [0.4, 0.5) is 5.82 Å². The fourth-order valence-corrected chi connectivity index (χ4v) is 2.81. The molecule has 0 aliphatic carbocycles. The Morgan fingerprint density at radius 1 is 1.20 bits per heavy atom. The molecule has 2 aromatic rings. The maximum Gasteiger partial charge on any atom is 0.272 e. The van der Waals surface area contributed by atoms with E-state index in [0.717, 1.165) is 43.2 Å². The molecule has 2 heterocycles. The van der Waals surface area contributed by atoms with E-state index in [4.69, 9.17) is 0 Å². The van der Waals surface area contributed by atoms with Crippen LogP contribution in [0.3, 0.4) is 0 Å². The maximum absolute atomic E-state index is 11.7. The van der Waals surface area contributed by atoms with Crippen molar-refractivity contribution in [2.75, 3.05) is 25.0 Å². The molecule has 106 valence electrons. The third-order valence-corrected chi connectivity index (χ3v) is 4.00. The Morgan fingerprint density at radius 2 is 1.95 bits per heavy atom. The Kier molecular flexibility index (Phi) is 3.97. The number of piperidine rings is 1. The molecule has 1 aliphatic heterocycles. The summed E-state index contributed by atoms with van der Waals surface area (Å²) < 4.78 is 0. The van der Waals surface area contributed by atoms with Gasteiger partial charge in [0.25, 0.3) is 5.56 Å². The van der Waals surface area contributed by atoms with Crippen LogP contribution >= 0.6 is 0 Å². The highest BCUT2D eigenvalue weighted by Crippen LogP contribution is 2.19. The third kappa shape index (κ3) is 2.82. The number of hydrogen-bond acceptors (Lipinski definition) is 4. The van der Waals surface area contributed by atoms with Crippen molar-refractivity contribution in [1.82, 2.24) is 15.5 Å². The second kappa shape index (κ2) is 6.05. The predicted octanol–water partition coefficient (Wildman–Crippen LogP) is 1.72. The summed E-state index contributed by atoms with van der Waals surface area (Å²) in [6, 6.07) is 7.57. The van der Waals surface area contributed by atoms with Gasteiger partial charge in [-0.15, -0.1) is 0 Å². The van der Waals surface area contributed by atoms with Crippen LogP contribution in [0.15, 0.2) is 29.1 Å². The molecular weight excluding hydrogens is 252 g/mol. The van der Waals surface area contributed by atoms with Gasteiger partial charge in [0.1, 0.15) is 0 Å². The zero-order chi connectivity index (χ0) is 13.8. The summed E-state index contributed by atoms with van der Waals surface area (Å²) in [5.74, 6) is 1.56. The Labute approximate surface area is 117 Å². The van der Waals surface area contributed by atoms with Crippen LogP contribution in [0, 0.1) is 5.92 Å². The van der Waals surface area contributed by atoms with E-state index in [1.54, 1.807) is 0 Å². The summed E-state index contributed by atoms with van der Waals surface area (Å²) in [4.78, 5) is 11.7. The van der Waals surface area contributed by atoms with Crippen molar-refractivity contribution in [1.29, 1.82) is 0 Å². The largest absolute Gasteiger partial charge is 0.368 e. The smallest absolute Gasteiger partial charge is 0.272 e. The van der Waals surface area contributed by atoms with Crippen molar-refractivity contribution in [2.24, 2.45) is 5.92 Å². The number of aromatic amines is 1. The number of fused-ring (bicyclic) bond motifs is 1. The van der Waals surface area contributed by atoms with Crippen LogP contribution in [0.5, 0.6) is 0 Å². The molecule has 0 radical (unpaired) electrons. The minimum Gasteiger partial charge on any atom is -0.368 e. The molecular formula is C15H20N4O. The molecule has 0 amide bonds. The van der Waals surface area contributed by atoms with Gasteiger partial charge in [-0.05, 0) is 44.3 Å². The summed E-state index contributed by atoms with van der Waals surface area (Å²) in [5.41, 5.74) is -0.135. The van der Waals surface area contributed by atoms with E-state index in [0.29, 0.717) is 5.39 Å². The lowest BCUT2D eigenvalue weighted by molar-refractivity contribution is 0.361. The Hall–Kier alpha value is -1.88. The van der Waals surface area contributed by atoms with E-state index in [1.165, 1.54) is 12.8 Å². The standard InChI is InChI=1S/C15H20N4O/c20-15-13-4-2-1-3-12(13)14(18-19-15)17-10-7-11-5-8-16-9-6-11/h1-4,11,16H,5-10H2,(H,17,18)(H,19,20). The Balaban J connectivity index is 1.68. The number of benzene rings is 1. The lowest BCUT2D eigenvalue weighted by Gasteiger charge is -2.22. The monoisotopic (exact) mass is 272 g/mol. The second-order valence-corrected chi connectivity index (χ2v) is 5.36. The lowest BCUT2D eigenvalue weighted by atomic mass is 9.95. The highest BCUT2D eigenvalue weighted by molar-refractivity contribution is 5.90. The minimum absolute atomic E-state index is 0.135. The van der Waals surface area contributed by atoms with Gasteiger partial charge in [-0.25, -0.2) is 5.10 Å². The fourth-order valence-electron chi connectivity index (χ4n) is 2.81. The second-order valence-electron chi connectivity index (χ2n) is 5.36. The van der Waals surface area contributed by atoms with Gasteiger partial charge in [-0.1, -0.05) is 18.2 Å². The average molecular weight is 272 g/mol. The quantitative estimate of drug-likeness (QED) is 0.792. The maximum atomic E-state index is 11.7. The van der Waals surface area contributed by atoms with Crippen molar-refractivity contribution >= 4 is 16.6 Å². The number of nitrogens with zero attached hydrogens (tertiary/aromatic N) is 1. The highest BCUT2D eigenvalue weighted by atomic mass is 16.1. The first kappa shape index (κ1) is 13.1. The summed E-state index contributed by atoms with van der Waals surface area (Å²) in [6.45, 7) is 3.16. The van der Waals surface area contributed by atoms with Crippen molar-refractivity contribution in [3.8, 4) is 0 Å². The Bertz CT molecular complexity index is 631. The summed E-state index contributed by atoms with van der Waals surface area (Å²) in [7, 11) is 0. The molecule has 1 fully saturated rings. The normalized spacial score (nSPS) is 16.4. The molecule has 0 spiro atoms. The van der Waals surface area contributed by atoms with Crippen molar-refractivity contribution in [2.45, 2.75) is 19.3 Å². The molecule has 0 unspecified atom stereocenters. The van der Waals surface area contributed by atoms with Gasteiger partial charge >= 0.3 is 0 Å². The first-order chi connectivity index (χ1) is 9.84. The van der Waals surface area contributed by atoms with E-state index >= 15 is 0 Å². The molecule has 5 nitrogen and oxygen atoms in total. The summed E-state index contributed by atoms with van der Waals surface area (Å²) in [6.07, 6.45) is 3.65. The molecule has 20 heavy (non-hydrogen) atoms. The Morgan fingerprint density at radius 3 is 2.75 bits per heavy atom. The number of H-pyrrole nitrogens is 1. The SMILES string of the molecule is O=c1[nH]nc(NCCC2CCNCC2)c2ccccc12. The molecule has 1 aromatic heterocycles. The molecule has 1 aliphatic rings. The topological polar surface area (TPSA) is 69.8 Å². The van der Waals surface area contributed by atoms with E-state index in [9.17, 15) is 4.79 Å². The molecule has 5 heteroatoms. The average Bonchev–Trinajstić information content (AvgIpc) is 2.51. The predicted molar refractivity (Wildman–Crippen MR) is 81.1 cm³/mol. The fraction of sp³-hybridized carbons (Fsp3) is 0.467. The number of hydrogen-bond donors (Lipinski definition) is 3. The van der Waals surface area contributed by atoms with Gasteiger partial charge in [0.15, 0.2) is 5.82 Å². The van der Waals surface area contributed by atoms with Gasteiger partial charge in [-0.3, -0.25) is 4.79 Å². The molecule has 0 saturated carbocycles. The summed E-state index contributed by atoms with van der Waals surface area (Å²) >= 11 is 0. The van der Waals surface area contributed by atoms with E-state index in [2.05, 4.69) is 20.8 Å². The molecule has 0 bridgehead atoms. The number of aromatic nitrogens is 2. The van der Waals surface area contributed by atoms with Crippen molar-refractivity contribution in [3.05, 3.63) is 34.6 Å². The highest BCUT2D eigenvalue weighted by Gasteiger charge is 2.12. The number of rotatable bonds is 4.